The fraction of sp³-hybridized carbons (Fsp3) is 0.750. The first kappa shape index (κ1) is 11.1. The summed E-state index contributed by atoms with van der Waals surface area (Å²) in [6.45, 7) is 4.22. The van der Waals surface area contributed by atoms with Crippen molar-refractivity contribution in [1.82, 2.24) is 4.98 Å². The molecule has 1 unspecified atom stereocenters. The third kappa shape index (κ3) is 2.40. The second-order valence-corrected chi connectivity index (χ2v) is 6.00. The lowest BCUT2D eigenvalue weighted by atomic mass is 9.81. The molecule has 0 bridgehead atoms. The Labute approximate surface area is 95.4 Å². The summed E-state index contributed by atoms with van der Waals surface area (Å²) in [6.07, 6.45) is 5.37. The maximum Gasteiger partial charge on any atom is 0.0897 e. The molecule has 15 heavy (non-hydrogen) atoms. The largest absolute Gasteiger partial charge is 0.392 e. The first-order chi connectivity index (χ1) is 7.10. The Morgan fingerprint density at radius 2 is 2.20 bits per heavy atom. The van der Waals surface area contributed by atoms with Crippen LogP contribution in [0.4, 0.5) is 0 Å². The molecule has 2 rings (SSSR count). The van der Waals surface area contributed by atoms with Crippen LogP contribution in [0.5, 0.6) is 0 Å². The van der Waals surface area contributed by atoms with Gasteiger partial charge in [0.1, 0.15) is 0 Å². The number of thiazole rings is 1. The number of rotatable bonds is 3. The topological polar surface area (TPSA) is 33.1 Å². The molecule has 1 aliphatic carbocycles. The smallest absolute Gasteiger partial charge is 0.0897 e. The van der Waals surface area contributed by atoms with E-state index in [-0.39, 0.29) is 11.5 Å². The van der Waals surface area contributed by atoms with Crippen molar-refractivity contribution in [2.45, 2.75) is 52.1 Å². The quantitative estimate of drug-likeness (QED) is 0.858. The van der Waals surface area contributed by atoms with E-state index in [1.165, 1.54) is 12.8 Å². The van der Waals surface area contributed by atoms with Crippen molar-refractivity contribution < 1.29 is 5.11 Å². The van der Waals surface area contributed by atoms with Crippen molar-refractivity contribution in [3.05, 3.63) is 16.1 Å². The highest BCUT2D eigenvalue weighted by Gasteiger charge is 2.36. The summed E-state index contributed by atoms with van der Waals surface area (Å²) >= 11 is 1.67. The fourth-order valence-electron chi connectivity index (χ4n) is 2.46. The number of nitrogens with zero attached hydrogens (tertiary/aromatic N) is 1. The number of hydrogen-bond donors (Lipinski definition) is 1. The van der Waals surface area contributed by atoms with Crippen molar-refractivity contribution in [2.24, 2.45) is 5.41 Å². The summed E-state index contributed by atoms with van der Waals surface area (Å²) in [5.41, 5.74) is 1.19. The summed E-state index contributed by atoms with van der Waals surface area (Å²) in [6, 6.07) is 0. The molecule has 1 aromatic rings. The van der Waals surface area contributed by atoms with Gasteiger partial charge >= 0.3 is 0 Å². The van der Waals surface area contributed by atoms with Gasteiger partial charge in [-0.05, 0) is 25.2 Å². The summed E-state index contributed by atoms with van der Waals surface area (Å²) in [7, 11) is 0. The van der Waals surface area contributed by atoms with E-state index in [1.54, 1.807) is 11.3 Å². The van der Waals surface area contributed by atoms with Crippen LogP contribution in [0.3, 0.4) is 0 Å². The highest BCUT2D eigenvalue weighted by atomic mass is 32.1. The lowest BCUT2D eigenvalue weighted by Gasteiger charge is -2.29. The van der Waals surface area contributed by atoms with Gasteiger partial charge in [0.25, 0.3) is 0 Å². The minimum absolute atomic E-state index is 0.136. The van der Waals surface area contributed by atoms with Gasteiger partial charge in [0.2, 0.25) is 0 Å². The maximum atomic E-state index is 10.2. The van der Waals surface area contributed by atoms with Crippen LogP contribution >= 0.6 is 11.3 Å². The fourth-order valence-corrected chi connectivity index (χ4v) is 3.09. The van der Waals surface area contributed by atoms with E-state index in [0.717, 1.165) is 30.0 Å². The number of aryl methyl sites for hydroxylation is 1. The van der Waals surface area contributed by atoms with Crippen LogP contribution in [0.25, 0.3) is 0 Å². The van der Waals surface area contributed by atoms with E-state index in [4.69, 9.17) is 0 Å². The van der Waals surface area contributed by atoms with Gasteiger partial charge in [-0.3, -0.25) is 0 Å². The monoisotopic (exact) mass is 225 g/mol. The minimum Gasteiger partial charge on any atom is -0.392 e. The average molecular weight is 225 g/mol. The third-order valence-corrected chi connectivity index (χ3v) is 4.44. The van der Waals surface area contributed by atoms with Crippen molar-refractivity contribution in [3.63, 3.8) is 0 Å². The molecule has 0 aliphatic heterocycles. The number of aliphatic hydroxyl groups excluding tert-OH is 1. The van der Waals surface area contributed by atoms with Crippen LogP contribution in [0.1, 0.15) is 43.3 Å². The minimum atomic E-state index is -0.221. The first-order valence-corrected chi connectivity index (χ1v) is 6.57. The van der Waals surface area contributed by atoms with Crippen LogP contribution in [0.15, 0.2) is 5.38 Å². The molecule has 1 N–H and O–H groups in total. The predicted octanol–water partition coefficient (Wildman–Crippen LogP) is 2.94. The zero-order valence-electron chi connectivity index (χ0n) is 9.49. The van der Waals surface area contributed by atoms with Gasteiger partial charge in [0.15, 0.2) is 0 Å². The van der Waals surface area contributed by atoms with Gasteiger partial charge in [-0.1, -0.05) is 19.8 Å². The van der Waals surface area contributed by atoms with E-state index in [9.17, 15) is 5.11 Å². The van der Waals surface area contributed by atoms with Gasteiger partial charge in [-0.2, -0.15) is 0 Å². The van der Waals surface area contributed by atoms with E-state index >= 15 is 0 Å². The van der Waals surface area contributed by atoms with E-state index in [2.05, 4.69) is 17.3 Å². The molecular formula is C12H19NOS. The third-order valence-electron chi connectivity index (χ3n) is 3.62. The Morgan fingerprint density at radius 1 is 1.53 bits per heavy atom. The lowest BCUT2D eigenvalue weighted by Crippen LogP contribution is -2.31. The van der Waals surface area contributed by atoms with E-state index < -0.39 is 0 Å². The summed E-state index contributed by atoms with van der Waals surface area (Å²) in [5.74, 6) is 0. The zero-order valence-corrected chi connectivity index (χ0v) is 10.3. The van der Waals surface area contributed by atoms with Gasteiger partial charge < -0.3 is 5.11 Å². The van der Waals surface area contributed by atoms with Crippen molar-refractivity contribution >= 4 is 11.3 Å². The molecule has 1 aromatic heterocycles. The standard InChI is InChI=1S/C12H19NOS/c1-9-13-10(8-15-9)7-11(14)12(2)5-3-4-6-12/h8,11,14H,3-7H2,1-2H3. The van der Waals surface area contributed by atoms with Gasteiger partial charge in [-0.15, -0.1) is 11.3 Å². The van der Waals surface area contributed by atoms with E-state index in [1.807, 2.05) is 6.92 Å². The second-order valence-electron chi connectivity index (χ2n) is 4.94. The van der Waals surface area contributed by atoms with Crippen LogP contribution in [-0.2, 0) is 6.42 Å². The summed E-state index contributed by atoms with van der Waals surface area (Å²) in [5, 5.41) is 13.4. The molecule has 0 spiro atoms. The zero-order chi connectivity index (χ0) is 10.9. The number of hydrogen-bond acceptors (Lipinski definition) is 3. The maximum absolute atomic E-state index is 10.2. The van der Waals surface area contributed by atoms with Crippen LogP contribution < -0.4 is 0 Å². The molecule has 3 heteroatoms. The molecule has 1 fully saturated rings. The van der Waals surface area contributed by atoms with Gasteiger partial charge in [-0.25, -0.2) is 4.98 Å². The normalized spacial score (nSPS) is 21.8. The lowest BCUT2D eigenvalue weighted by molar-refractivity contribution is 0.0417. The molecule has 0 saturated heterocycles. The Kier molecular flexibility index (Phi) is 3.12. The summed E-state index contributed by atoms with van der Waals surface area (Å²) in [4.78, 5) is 4.41. The molecule has 1 saturated carbocycles. The van der Waals surface area contributed by atoms with Gasteiger partial charge in [0, 0.05) is 11.8 Å². The molecule has 1 aliphatic rings. The highest BCUT2D eigenvalue weighted by Crippen LogP contribution is 2.41. The average Bonchev–Trinajstić information content (AvgIpc) is 2.76. The molecule has 2 nitrogen and oxygen atoms in total. The molecular weight excluding hydrogens is 206 g/mol. The van der Waals surface area contributed by atoms with Crippen molar-refractivity contribution in [1.29, 1.82) is 0 Å². The number of aliphatic hydroxyl groups is 1. The molecule has 0 aromatic carbocycles. The Balaban J connectivity index is 1.99. The van der Waals surface area contributed by atoms with Gasteiger partial charge in [0.05, 0.1) is 16.8 Å². The Hall–Kier alpha value is -0.410. The van der Waals surface area contributed by atoms with Crippen molar-refractivity contribution in [3.8, 4) is 0 Å². The van der Waals surface area contributed by atoms with E-state index in [0.29, 0.717) is 0 Å². The van der Waals surface area contributed by atoms with Crippen molar-refractivity contribution in [2.75, 3.05) is 0 Å². The summed E-state index contributed by atoms with van der Waals surface area (Å²) < 4.78 is 0. The molecule has 1 atom stereocenters. The predicted molar refractivity (Wildman–Crippen MR) is 63.1 cm³/mol. The molecule has 84 valence electrons. The second kappa shape index (κ2) is 4.22. The van der Waals surface area contributed by atoms with Crippen LogP contribution in [0.2, 0.25) is 0 Å². The molecule has 1 heterocycles. The molecule has 0 amide bonds. The first-order valence-electron chi connectivity index (χ1n) is 5.69. The number of aromatic nitrogens is 1. The Bertz CT molecular complexity index is 328. The molecule has 0 radical (unpaired) electrons. The highest BCUT2D eigenvalue weighted by molar-refractivity contribution is 7.09. The Morgan fingerprint density at radius 3 is 2.73 bits per heavy atom. The van der Waals surface area contributed by atoms with Crippen LogP contribution in [-0.4, -0.2) is 16.2 Å². The SMILES string of the molecule is Cc1nc(CC(O)C2(C)CCCC2)cs1. The van der Waals surface area contributed by atoms with Crippen LogP contribution in [0, 0.1) is 12.3 Å².